The number of hydrogen-bond donors (Lipinski definition) is 3. The molecule has 0 bridgehead atoms. The van der Waals surface area contributed by atoms with Crippen LogP contribution in [0, 0.1) is 5.82 Å². The van der Waals surface area contributed by atoms with Crippen molar-refractivity contribution in [2.75, 3.05) is 37.4 Å². The van der Waals surface area contributed by atoms with Crippen LogP contribution in [-0.2, 0) is 16.1 Å². The lowest BCUT2D eigenvalue weighted by atomic mass is 9.96. The van der Waals surface area contributed by atoms with Gasteiger partial charge >= 0.3 is 11.9 Å². The molecule has 1 fully saturated rings. The highest BCUT2D eigenvalue weighted by molar-refractivity contribution is 6.27. The fourth-order valence-corrected chi connectivity index (χ4v) is 4.15. The van der Waals surface area contributed by atoms with E-state index in [0.29, 0.717) is 11.3 Å². The van der Waals surface area contributed by atoms with Gasteiger partial charge in [-0.2, -0.15) is 0 Å². The summed E-state index contributed by atoms with van der Waals surface area (Å²) in [7, 11) is 3.45. The zero-order valence-corrected chi connectivity index (χ0v) is 21.4. The van der Waals surface area contributed by atoms with Crippen LogP contribution in [0.2, 0.25) is 0 Å². The molecule has 4 rings (SSSR count). The quantitative estimate of drug-likeness (QED) is 0.409. The third kappa shape index (κ3) is 7.84. The molecule has 0 unspecified atom stereocenters. The molecular formula is C28H31FN4O5. The Balaban J connectivity index is 0.000000599. The minimum atomic E-state index is -1.82. The molecule has 0 aliphatic carbocycles. The number of carboxylic acids is 2. The molecule has 1 aromatic heterocycles. The predicted molar refractivity (Wildman–Crippen MR) is 143 cm³/mol. The van der Waals surface area contributed by atoms with E-state index in [4.69, 9.17) is 19.8 Å². The van der Waals surface area contributed by atoms with Gasteiger partial charge in [-0.1, -0.05) is 42.8 Å². The SMILES string of the molecule is CN(C)c1ncc(NC(=O)c2ccc(-c3ccccc3)c(CN3CCCCC3)c2)cc1F.O=C(O)C(=O)O. The standard InChI is InChI=1S/C26H29FN4O.C2H2O4/c1-30(2)25-24(27)16-22(17-28-25)29-26(32)20-11-12-23(19-9-5-3-6-10-19)21(15-20)18-31-13-7-4-8-14-31;3-1(4)2(5)6/h3,5-6,9-12,15-17H,4,7-8,13-14,18H2,1-2H3,(H,29,32);(H,3,4)(H,5,6). The van der Waals surface area contributed by atoms with Crippen LogP contribution in [0.5, 0.6) is 0 Å². The Morgan fingerprint density at radius 2 is 1.63 bits per heavy atom. The number of hydrogen-bond acceptors (Lipinski definition) is 6. The number of nitrogens with one attached hydrogen (secondary N) is 1. The Morgan fingerprint density at radius 3 is 2.21 bits per heavy atom. The van der Waals surface area contributed by atoms with Gasteiger partial charge in [0, 0.05) is 32.3 Å². The summed E-state index contributed by atoms with van der Waals surface area (Å²) in [4.78, 5) is 39.3. The summed E-state index contributed by atoms with van der Waals surface area (Å²) in [6.07, 6.45) is 5.18. The van der Waals surface area contributed by atoms with Crippen molar-refractivity contribution in [1.29, 1.82) is 0 Å². The fraction of sp³-hybridized carbons (Fsp3) is 0.286. The molecule has 10 heteroatoms. The number of nitrogens with zero attached hydrogens (tertiary/aromatic N) is 3. The highest BCUT2D eigenvalue weighted by Gasteiger charge is 2.17. The first kappa shape index (κ1) is 28.3. The Kier molecular flexibility index (Phi) is 9.89. The normalized spacial score (nSPS) is 13.1. The number of carbonyl (C=O) groups is 3. The average molecular weight is 523 g/mol. The fourth-order valence-electron chi connectivity index (χ4n) is 4.15. The van der Waals surface area contributed by atoms with Gasteiger partial charge in [-0.3, -0.25) is 9.69 Å². The van der Waals surface area contributed by atoms with Gasteiger partial charge in [0.15, 0.2) is 11.6 Å². The zero-order chi connectivity index (χ0) is 27.7. The van der Waals surface area contributed by atoms with Gasteiger partial charge in [-0.25, -0.2) is 19.0 Å². The van der Waals surface area contributed by atoms with E-state index in [1.165, 1.54) is 31.5 Å². The van der Waals surface area contributed by atoms with Gasteiger partial charge in [0.1, 0.15) is 0 Å². The van der Waals surface area contributed by atoms with Crippen LogP contribution in [0.3, 0.4) is 0 Å². The average Bonchev–Trinajstić information content (AvgIpc) is 2.90. The molecule has 0 spiro atoms. The van der Waals surface area contributed by atoms with Crippen molar-refractivity contribution in [2.45, 2.75) is 25.8 Å². The molecule has 1 saturated heterocycles. The largest absolute Gasteiger partial charge is 0.473 e. The molecule has 1 aliphatic rings. The lowest BCUT2D eigenvalue weighted by Crippen LogP contribution is -2.29. The zero-order valence-electron chi connectivity index (χ0n) is 21.4. The number of halogens is 1. The number of likely N-dealkylation sites (tertiary alicyclic amines) is 1. The first-order chi connectivity index (χ1) is 18.2. The van der Waals surface area contributed by atoms with Crippen molar-refractivity contribution in [2.24, 2.45) is 0 Å². The maximum absolute atomic E-state index is 14.3. The van der Waals surface area contributed by atoms with Crippen LogP contribution in [0.1, 0.15) is 35.2 Å². The molecule has 3 aromatic rings. The summed E-state index contributed by atoms with van der Waals surface area (Å²) in [5.74, 6) is -4.16. The minimum absolute atomic E-state index is 0.235. The molecule has 0 radical (unpaired) electrons. The molecule has 0 saturated carbocycles. The maximum atomic E-state index is 14.3. The summed E-state index contributed by atoms with van der Waals surface area (Å²) in [6.45, 7) is 2.96. The smallest absolute Gasteiger partial charge is 0.414 e. The van der Waals surface area contributed by atoms with Crippen molar-refractivity contribution in [3.05, 3.63) is 77.7 Å². The van der Waals surface area contributed by atoms with E-state index in [2.05, 4.69) is 27.3 Å². The summed E-state index contributed by atoms with van der Waals surface area (Å²) in [6, 6.07) is 17.3. The number of rotatable bonds is 6. The van der Waals surface area contributed by atoms with E-state index >= 15 is 0 Å². The van der Waals surface area contributed by atoms with Crippen molar-refractivity contribution < 1.29 is 29.0 Å². The Hall–Kier alpha value is -4.31. The van der Waals surface area contributed by atoms with Crippen LogP contribution >= 0.6 is 0 Å². The van der Waals surface area contributed by atoms with Crippen LogP contribution in [0.25, 0.3) is 11.1 Å². The molecule has 38 heavy (non-hydrogen) atoms. The van der Waals surface area contributed by atoms with E-state index in [-0.39, 0.29) is 11.7 Å². The summed E-state index contributed by atoms with van der Waals surface area (Å²) in [5, 5.41) is 17.6. The molecule has 1 amide bonds. The molecule has 0 atom stereocenters. The molecular weight excluding hydrogens is 491 g/mol. The number of amides is 1. The predicted octanol–water partition coefficient (Wildman–Crippen LogP) is 4.35. The van der Waals surface area contributed by atoms with E-state index in [9.17, 15) is 9.18 Å². The maximum Gasteiger partial charge on any atom is 0.414 e. The van der Waals surface area contributed by atoms with Crippen LogP contribution < -0.4 is 10.2 Å². The first-order valence-corrected chi connectivity index (χ1v) is 12.2. The molecule has 2 heterocycles. The van der Waals surface area contributed by atoms with Crippen molar-refractivity contribution in [1.82, 2.24) is 9.88 Å². The second-order valence-corrected chi connectivity index (χ2v) is 9.06. The van der Waals surface area contributed by atoms with Gasteiger partial charge in [0.05, 0.1) is 11.9 Å². The molecule has 1 aliphatic heterocycles. The summed E-state index contributed by atoms with van der Waals surface area (Å²) in [5.41, 5.74) is 4.28. The highest BCUT2D eigenvalue weighted by atomic mass is 19.1. The van der Waals surface area contributed by atoms with Gasteiger partial charge in [-0.15, -0.1) is 0 Å². The highest BCUT2D eigenvalue weighted by Crippen LogP contribution is 2.27. The Labute approximate surface area is 220 Å². The van der Waals surface area contributed by atoms with Crippen molar-refractivity contribution in [3.8, 4) is 11.1 Å². The summed E-state index contributed by atoms with van der Waals surface area (Å²) < 4.78 is 14.3. The third-order valence-corrected chi connectivity index (χ3v) is 5.98. The minimum Gasteiger partial charge on any atom is -0.473 e. The number of carbonyl (C=O) groups excluding carboxylic acids is 1. The second kappa shape index (κ2) is 13.3. The van der Waals surface area contributed by atoms with E-state index in [1.807, 2.05) is 36.4 Å². The van der Waals surface area contributed by atoms with Crippen LogP contribution in [0.4, 0.5) is 15.9 Å². The van der Waals surface area contributed by atoms with E-state index in [1.54, 1.807) is 19.0 Å². The summed E-state index contributed by atoms with van der Waals surface area (Å²) >= 11 is 0. The molecule has 2 aromatic carbocycles. The van der Waals surface area contributed by atoms with E-state index < -0.39 is 17.8 Å². The number of aliphatic carboxylic acids is 2. The third-order valence-electron chi connectivity index (χ3n) is 5.98. The molecule has 3 N–H and O–H groups in total. The number of aromatic nitrogens is 1. The van der Waals surface area contributed by atoms with Crippen LogP contribution in [0.15, 0.2) is 60.8 Å². The lowest BCUT2D eigenvalue weighted by molar-refractivity contribution is -0.159. The lowest BCUT2D eigenvalue weighted by Gasteiger charge is -2.27. The number of carboxylic acid groups (broad SMARTS) is 2. The Bertz CT molecular complexity index is 1270. The van der Waals surface area contributed by atoms with Crippen molar-refractivity contribution in [3.63, 3.8) is 0 Å². The number of pyridine rings is 1. The monoisotopic (exact) mass is 522 g/mol. The topological polar surface area (TPSA) is 123 Å². The van der Waals surface area contributed by atoms with Gasteiger partial charge in [0.2, 0.25) is 0 Å². The van der Waals surface area contributed by atoms with Gasteiger partial charge < -0.3 is 20.4 Å². The van der Waals surface area contributed by atoms with Gasteiger partial charge in [-0.05, 0) is 54.8 Å². The molecule has 200 valence electrons. The second-order valence-electron chi connectivity index (χ2n) is 9.06. The van der Waals surface area contributed by atoms with E-state index in [0.717, 1.165) is 36.3 Å². The van der Waals surface area contributed by atoms with Crippen molar-refractivity contribution >= 4 is 29.4 Å². The number of anilines is 2. The van der Waals surface area contributed by atoms with Gasteiger partial charge in [0.25, 0.3) is 5.91 Å². The van der Waals surface area contributed by atoms with Crippen LogP contribution in [-0.4, -0.2) is 65.1 Å². The first-order valence-electron chi connectivity index (χ1n) is 12.2. The molecule has 9 nitrogen and oxygen atoms in total. The Morgan fingerprint density at radius 1 is 0.974 bits per heavy atom. The number of benzene rings is 2. The number of piperidine rings is 1.